The number of hydrogen-bond acceptors (Lipinski definition) is 1. The third-order valence-electron chi connectivity index (χ3n) is 6.13. The van der Waals surface area contributed by atoms with Gasteiger partial charge in [0, 0.05) is 22.3 Å². The lowest BCUT2D eigenvalue weighted by Crippen LogP contribution is -2.34. The highest BCUT2D eigenvalue weighted by Gasteiger charge is 2.30. The minimum Gasteiger partial charge on any atom is -0.434 e. The molecule has 0 amide bonds. The molecule has 3 heteroatoms. The van der Waals surface area contributed by atoms with E-state index in [-0.39, 0.29) is 0 Å². The standard InChI is InChI=1S/C28H39N2O/c1-18(2)22-12-10-13-23(19(3)4)26(22)29-16-17-30(28(29)31-9)27-24(20(5)6)14-11-15-25(27)21(7)8/h10-21H,1-9H3/q+1. The summed E-state index contributed by atoms with van der Waals surface area (Å²) in [6.45, 7) is 18.1. The lowest BCUT2D eigenvalue weighted by Gasteiger charge is -2.19. The Morgan fingerprint density at radius 3 is 1.48 bits per heavy atom. The number of nitrogens with zero attached hydrogens (tertiary/aromatic N) is 2. The number of rotatable bonds is 7. The summed E-state index contributed by atoms with van der Waals surface area (Å²) in [5, 5.41) is 0. The molecule has 0 atom stereocenters. The molecule has 31 heavy (non-hydrogen) atoms. The lowest BCUT2D eigenvalue weighted by molar-refractivity contribution is -0.603. The van der Waals surface area contributed by atoms with E-state index in [1.807, 2.05) is 0 Å². The largest absolute Gasteiger partial charge is 0.466 e. The number of benzene rings is 2. The number of para-hydroxylation sites is 2. The van der Waals surface area contributed by atoms with Gasteiger partial charge in [-0.25, -0.2) is 0 Å². The Hall–Kier alpha value is -2.55. The Bertz CT molecular complexity index is 908. The van der Waals surface area contributed by atoms with Crippen LogP contribution in [0.25, 0.3) is 11.4 Å². The Morgan fingerprint density at radius 2 is 1.10 bits per heavy atom. The van der Waals surface area contributed by atoms with E-state index in [0.29, 0.717) is 23.7 Å². The first-order valence-electron chi connectivity index (χ1n) is 11.6. The second-order valence-corrected chi connectivity index (χ2v) is 9.71. The topological polar surface area (TPSA) is 18.0 Å². The van der Waals surface area contributed by atoms with E-state index in [2.05, 4.69) is 113 Å². The fourth-order valence-electron chi connectivity index (χ4n) is 4.49. The van der Waals surface area contributed by atoms with Crippen LogP contribution < -0.4 is 9.30 Å². The quantitative estimate of drug-likeness (QED) is 0.369. The maximum Gasteiger partial charge on any atom is 0.466 e. The zero-order chi connectivity index (χ0) is 22.9. The van der Waals surface area contributed by atoms with E-state index < -0.39 is 0 Å². The molecule has 0 aliphatic heterocycles. The minimum absolute atomic E-state index is 0.420. The van der Waals surface area contributed by atoms with Crippen LogP contribution in [0.3, 0.4) is 0 Å². The fourth-order valence-corrected chi connectivity index (χ4v) is 4.49. The third kappa shape index (κ3) is 4.28. The predicted octanol–water partition coefficient (Wildman–Crippen LogP) is 7.26. The molecule has 0 saturated heterocycles. The van der Waals surface area contributed by atoms with Crippen molar-refractivity contribution in [3.8, 4) is 17.4 Å². The zero-order valence-corrected chi connectivity index (χ0v) is 20.7. The number of imidazole rings is 1. The van der Waals surface area contributed by atoms with E-state index in [9.17, 15) is 0 Å². The van der Waals surface area contributed by atoms with Crippen LogP contribution in [0.1, 0.15) is 101 Å². The molecule has 3 rings (SSSR count). The Labute approximate surface area is 188 Å². The first-order valence-corrected chi connectivity index (χ1v) is 11.6. The number of aromatic nitrogens is 2. The molecule has 0 saturated carbocycles. The molecular weight excluding hydrogens is 380 g/mol. The van der Waals surface area contributed by atoms with Gasteiger partial charge in [-0.15, -0.1) is 0 Å². The molecule has 0 spiro atoms. The summed E-state index contributed by atoms with van der Waals surface area (Å²) >= 11 is 0. The van der Waals surface area contributed by atoms with Gasteiger partial charge in [0.05, 0.1) is 7.11 Å². The first kappa shape index (κ1) is 23.1. The molecule has 0 fully saturated rings. The van der Waals surface area contributed by atoms with Gasteiger partial charge in [-0.1, -0.05) is 91.8 Å². The highest BCUT2D eigenvalue weighted by molar-refractivity contribution is 5.53. The van der Waals surface area contributed by atoms with Crippen molar-refractivity contribution in [2.45, 2.75) is 79.1 Å². The molecule has 0 radical (unpaired) electrons. The van der Waals surface area contributed by atoms with Crippen molar-refractivity contribution in [1.82, 2.24) is 4.57 Å². The van der Waals surface area contributed by atoms with Gasteiger partial charge in [-0.3, -0.25) is 0 Å². The fraction of sp³-hybridized carbons (Fsp3) is 0.464. The van der Waals surface area contributed by atoms with Crippen molar-refractivity contribution in [2.75, 3.05) is 7.11 Å². The highest BCUT2D eigenvalue weighted by Crippen LogP contribution is 2.34. The van der Waals surface area contributed by atoms with E-state index in [1.54, 1.807) is 7.11 Å². The second-order valence-electron chi connectivity index (χ2n) is 9.71. The smallest absolute Gasteiger partial charge is 0.434 e. The number of ether oxygens (including phenoxy) is 1. The molecule has 3 nitrogen and oxygen atoms in total. The van der Waals surface area contributed by atoms with Crippen LogP contribution in [0.4, 0.5) is 0 Å². The molecule has 0 aliphatic rings. The third-order valence-corrected chi connectivity index (χ3v) is 6.13. The molecule has 3 aromatic rings. The second kappa shape index (κ2) is 9.30. The van der Waals surface area contributed by atoms with Gasteiger partial charge in [0.25, 0.3) is 0 Å². The van der Waals surface area contributed by atoms with E-state index in [4.69, 9.17) is 4.74 Å². The summed E-state index contributed by atoms with van der Waals surface area (Å²) < 4.78 is 10.6. The average Bonchev–Trinajstić information content (AvgIpc) is 3.15. The van der Waals surface area contributed by atoms with Crippen molar-refractivity contribution in [1.29, 1.82) is 0 Å². The number of methoxy groups -OCH3 is 1. The average molecular weight is 420 g/mol. The Balaban J connectivity index is 2.36. The van der Waals surface area contributed by atoms with Crippen LogP contribution in [0.15, 0.2) is 48.8 Å². The maximum atomic E-state index is 6.09. The van der Waals surface area contributed by atoms with Gasteiger partial charge in [-0.2, -0.15) is 9.13 Å². The molecule has 0 unspecified atom stereocenters. The molecular formula is C28H39N2O+. The monoisotopic (exact) mass is 419 g/mol. The molecule has 166 valence electrons. The number of hydrogen-bond donors (Lipinski definition) is 0. The molecule has 0 aliphatic carbocycles. The molecule has 1 aromatic heterocycles. The van der Waals surface area contributed by atoms with Crippen LogP contribution in [-0.2, 0) is 0 Å². The predicted molar refractivity (Wildman–Crippen MR) is 130 cm³/mol. The summed E-state index contributed by atoms with van der Waals surface area (Å²) in [7, 11) is 1.78. The van der Waals surface area contributed by atoms with Crippen LogP contribution >= 0.6 is 0 Å². The van der Waals surface area contributed by atoms with Crippen molar-refractivity contribution >= 4 is 0 Å². The van der Waals surface area contributed by atoms with Crippen molar-refractivity contribution in [3.63, 3.8) is 0 Å². The summed E-state index contributed by atoms with van der Waals surface area (Å²) in [5.41, 5.74) is 7.86. The van der Waals surface area contributed by atoms with Crippen molar-refractivity contribution in [2.24, 2.45) is 0 Å². The van der Waals surface area contributed by atoms with E-state index in [0.717, 1.165) is 6.01 Å². The molecule has 2 aromatic carbocycles. The van der Waals surface area contributed by atoms with E-state index >= 15 is 0 Å². The first-order chi connectivity index (χ1) is 14.7. The van der Waals surface area contributed by atoms with Gasteiger partial charge in [0.15, 0.2) is 0 Å². The normalized spacial score (nSPS) is 11.9. The minimum atomic E-state index is 0.420. The summed E-state index contributed by atoms with van der Waals surface area (Å²) in [6.07, 6.45) is 4.32. The van der Waals surface area contributed by atoms with Gasteiger partial charge < -0.3 is 4.74 Å². The van der Waals surface area contributed by atoms with Gasteiger partial charge in [0.2, 0.25) is 0 Å². The van der Waals surface area contributed by atoms with Gasteiger partial charge >= 0.3 is 6.01 Å². The highest BCUT2D eigenvalue weighted by atomic mass is 16.5. The summed E-state index contributed by atoms with van der Waals surface area (Å²) in [5.74, 6) is 1.68. The Kier molecular flexibility index (Phi) is 6.93. The lowest BCUT2D eigenvalue weighted by atomic mass is 9.92. The maximum absolute atomic E-state index is 6.09. The molecule has 1 heterocycles. The van der Waals surface area contributed by atoms with Gasteiger partial charge in [0.1, 0.15) is 23.8 Å². The van der Waals surface area contributed by atoms with Crippen molar-refractivity contribution < 1.29 is 9.30 Å². The SMILES string of the molecule is COc1n(-c2c(C(C)C)cccc2C(C)C)cc[n+]1-c1c(C(C)C)cccc1C(C)C. The van der Waals surface area contributed by atoms with Crippen LogP contribution in [0.5, 0.6) is 6.01 Å². The van der Waals surface area contributed by atoms with Crippen LogP contribution in [0, 0.1) is 0 Å². The van der Waals surface area contributed by atoms with E-state index in [1.165, 1.54) is 33.6 Å². The van der Waals surface area contributed by atoms with Crippen LogP contribution in [0.2, 0.25) is 0 Å². The zero-order valence-electron chi connectivity index (χ0n) is 20.7. The van der Waals surface area contributed by atoms with Crippen LogP contribution in [-0.4, -0.2) is 11.7 Å². The summed E-state index contributed by atoms with van der Waals surface area (Å²) in [4.78, 5) is 0. The van der Waals surface area contributed by atoms with Crippen molar-refractivity contribution in [3.05, 3.63) is 71.0 Å². The Morgan fingerprint density at radius 1 is 0.677 bits per heavy atom. The summed E-state index contributed by atoms with van der Waals surface area (Å²) in [6, 6.07) is 14.2. The molecule has 0 bridgehead atoms. The molecule has 0 N–H and O–H groups in total. The van der Waals surface area contributed by atoms with Gasteiger partial charge in [-0.05, 0) is 23.7 Å².